The van der Waals surface area contributed by atoms with Crippen molar-refractivity contribution >= 4 is 18.0 Å². The molecule has 0 aromatic heterocycles. The molecular weight excluding hydrogens is 616 g/mol. The summed E-state index contributed by atoms with van der Waals surface area (Å²) in [5.41, 5.74) is 0.920. The van der Waals surface area contributed by atoms with E-state index in [4.69, 9.17) is 37.9 Å². The second-order valence-electron chi connectivity index (χ2n) is 11.5. The van der Waals surface area contributed by atoms with Crippen LogP contribution in [0, 0.1) is 0 Å². The molecule has 1 aromatic carbocycles. The molecule has 0 aliphatic heterocycles. The Morgan fingerprint density at radius 1 is 0.521 bits per heavy atom. The summed E-state index contributed by atoms with van der Waals surface area (Å²) in [6, 6.07) is 5.65. The van der Waals surface area contributed by atoms with E-state index >= 15 is 0 Å². The molecule has 0 saturated heterocycles. The average Bonchev–Trinajstić information content (AvgIpc) is 3.09. The molecule has 1 aromatic rings. The third kappa shape index (κ3) is 26.3. The number of ether oxygens (including phenoxy) is 8. The van der Waals surface area contributed by atoms with Crippen LogP contribution in [0.4, 0.5) is 0 Å². The Labute approximate surface area is 290 Å². The fourth-order valence-corrected chi connectivity index (χ4v) is 4.47. The van der Waals surface area contributed by atoms with Gasteiger partial charge in [0.2, 0.25) is 0 Å². The lowest BCUT2D eigenvalue weighted by molar-refractivity contribution is -0.146. The lowest BCUT2D eigenvalue weighted by Gasteiger charge is -2.14. The maximum absolute atomic E-state index is 12.0. The van der Waals surface area contributed by atoms with Crippen LogP contribution in [0.25, 0.3) is 6.08 Å². The molecule has 0 heterocycles. The van der Waals surface area contributed by atoms with Gasteiger partial charge < -0.3 is 37.9 Å². The first kappa shape index (κ1) is 43.4. The Bertz CT molecular complexity index is 923. The first-order chi connectivity index (χ1) is 23.6. The highest BCUT2D eigenvalue weighted by Crippen LogP contribution is 2.29. The number of hydrogen-bond acceptors (Lipinski definition) is 10. The van der Waals surface area contributed by atoms with Crippen LogP contribution < -0.4 is 9.47 Å². The zero-order valence-electron chi connectivity index (χ0n) is 30.0. The van der Waals surface area contributed by atoms with Gasteiger partial charge in [-0.2, -0.15) is 0 Å². The fourth-order valence-electron chi connectivity index (χ4n) is 4.47. The summed E-state index contributed by atoms with van der Waals surface area (Å²) in [5, 5.41) is 0. The summed E-state index contributed by atoms with van der Waals surface area (Å²) in [7, 11) is 0. The second-order valence-corrected chi connectivity index (χ2v) is 11.5. The minimum Gasteiger partial charge on any atom is -0.490 e. The summed E-state index contributed by atoms with van der Waals surface area (Å²) in [6.45, 7) is 14.0. The number of rotatable bonds is 35. The topological polar surface area (TPSA) is 108 Å². The van der Waals surface area contributed by atoms with Crippen LogP contribution in [0.15, 0.2) is 24.8 Å². The van der Waals surface area contributed by atoms with E-state index < -0.39 is 0 Å². The molecule has 0 atom stereocenters. The zero-order valence-corrected chi connectivity index (χ0v) is 30.0. The van der Waals surface area contributed by atoms with E-state index in [1.165, 1.54) is 38.5 Å². The molecule has 48 heavy (non-hydrogen) atoms. The molecule has 0 bridgehead atoms. The van der Waals surface area contributed by atoms with Crippen molar-refractivity contribution in [3.8, 4) is 11.5 Å². The summed E-state index contributed by atoms with van der Waals surface area (Å²) >= 11 is 0. The average molecular weight is 681 g/mol. The largest absolute Gasteiger partial charge is 0.490 e. The molecule has 10 heteroatoms. The quantitative estimate of drug-likeness (QED) is 0.0522. The minimum atomic E-state index is -0.241. The maximum atomic E-state index is 12.0. The summed E-state index contributed by atoms with van der Waals surface area (Å²) in [6.07, 6.45) is 14.6. The lowest BCUT2D eigenvalue weighted by atomic mass is 10.2. The number of esters is 2. The van der Waals surface area contributed by atoms with E-state index in [1.54, 1.807) is 6.08 Å². The molecule has 0 unspecified atom stereocenters. The Morgan fingerprint density at radius 2 is 0.958 bits per heavy atom. The standard InChI is InChI=1S/C38H64O10/c1-4-7-9-13-21-41-25-27-43-29-31-47-37(39)17-11-15-23-45-35-20-19-34(6-3)33-36(35)46-24-16-12-18-38(40)48-32-30-44-28-26-42-22-14-10-8-5-2/h6,19-20,33H,3-5,7-18,21-32H2,1-2H3. The number of carbonyl (C=O) groups excluding carboxylic acids is 2. The van der Waals surface area contributed by atoms with Gasteiger partial charge in [0.25, 0.3) is 0 Å². The van der Waals surface area contributed by atoms with Crippen LogP contribution in [0.5, 0.6) is 11.5 Å². The minimum absolute atomic E-state index is 0.240. The highest BCUT2D eigenvalue weighted by molar-refractivity contribution is 5.69. The van der Waals surface area contributed by atoms with Gasteiger partial charge in [-0.3, -0.25) is 9.59 Å². The third-order valence-corrected chi connectivity index (χ3v) is 7.28. The molecule has 0 radical (unpaired) electrons. The van der Waals surface area contributed by atoms with E-state index in [9.17, 15) is 9.59 Å². The highest BCUT2D eigenvalue weighted by Gasteiger charge is 2.09. The smallest absolute Gasteiger partial charge is 0.305 e. The summed E-state index contributed by atoms with van der Waals surface area (Å²) in [4.78, 5) is 24.0. The zero-order chi connectivity index (χ0) is 34.8. The molecule has 0 aliphatic rings. The maximum Gasteiger partial charge on any atom is 0.305 e. The number of hydrogen-bond donors (Lipinski definition) is 0. The van der Waals surface area contributed by atoms with Gasteiger partial charge in [-0.1, -0.05) is 71.1 Å². The Hall–Kier alpha value is -2.66. The molecule has 0 amide bonds. The van der Waals surface area contributed by atoms with Gasteiger partial charge in [0.05, 0.1) is 52.9 Å². The Kier molecular flexibility index (Phi) is 29.7. The Morgan fingerprint density at radius 3 is 1.44 bits per heavy atom. The van der Waals surface area contributed by atoms with Crippen LogP contribution in [-0.2, 0) is 38.0 Å². The van der Waals surface area contributed by atoms with Crippen molar-refractivity contribution in [3.63, 3.8) is 0 Å². The summed E-state index contributed by atoms with van der Waals surface area (Å²) < 4.78 is 44.4. The van der Waals surface area contributed by atoms with Crippen LogP contribution in [0.3, 0.4) is 0 Å². The first-order valence-electron chi connectivity index (χ1n) is 18.2. The van der Waals surface area contributed by atoms with E-state index in [1.807, 2.05) is 18.2 Å². The van der Waals surface area contributed by atoms with Gasteiger partial charge in [0.1, 0.15) is 13.2 Å². The van der Waals surface area contributed by atoms with Crippen LogP contribution >= 0.6 is 0 Å². The van der Waals surface area contributed by atoms with Crippen molar-refractivity contribution in [3.05, 3.63) is 30.3 Å². The summed E-state index contributed by atoms with van der Waals surface area (Å²) in [5.74, 6) is 0.774. The van der Waals surface area contributed by atoms with Crippen molar-refractivity contribution in [2.24, 2.45) is 0 Å². The molecule has 0 saturated carbocycles. The van der Waals surface area contributed by atoms with Gasteiger partial charge >= 0.3 is 11.9 Å². The third-order valence-electron chi connectivity index (χ3n) is 7.28. The molecule has 0 fully saturated rings. The molecule has 0 spiro atoms. The van der Waals surface area contributed by atoms with Crippen molar-refractivity contribution < 1.29 is 47.5 Å². The number of carbonyl (C=O) groups is 2. The van der Waals surface area contributed by atoms with E-state index in [-0.39, 0.29) is 25.2 Å². The van der Waals surface area contributed by atoms with Crippen molar-refractivity contribution in [2.75, 3.05) is 79.3 Å². The second kappa shape index (κ2) is 32.9. The van der Waals surface area contributed by atoms with Crippen molar-refractivity contribution in [1.29, 1.82) is 0 Å². The predicted molar refractivity (Wildman–Crippen MR) is 189 cm³/mol. The highest BCUT2D eigenvalue weighted by atomic mass is 16.6. The molecule has 1 rings (SSSR count). The van der Waals surface area contributed by atoms with E-state index in [0.29, 0.717) is 103 Å². The SMILES string of the molecule is C=Cc1ccc(OCCCCC(=O)OCCOCCOCCCCCC)c(OCCCCC(=O)OCCOCCOCCCCCC)c1. The lowest BCUT2D eigenvalue weighted by Crippen LogP contribution is -2.13. The number of benzene rings is 1. The van der Waals surface area contributed by atoms with Crippen molar-refractivity contribution in [1.82, 2.24) is 0 Å². The normalized spacial score (nSPS) is 11.0. The molecule has 276 valence electrons. The fraction of sp³-hybridized carbons (Fsp3) is 0.737. The molecule has 0 aliphatic carbocycles. The van der Waals surface area contributed by atoms with E-state index in [0.717, 1.165) is 31.6 Å². The molecule has 0 N–H and O–H groups in total. The van der Waals surface area contributed by atoms with Crippen molar-refractivity contribution in [2.45, 2.75) is 104 Å². The van der Waals surface area contributed by atoms with E-state index in [2.05, 4.69) is 20.4 Å². The van der Waals surface area contributed by atoms with Gasteiger partial charge in [-0.05, 0) is 56.2 Å². The number of unbranched alkanes of at least 4 members (excludes halogenated alkanes) is 8. The van der Waals surface area contributed by atoms with Crippen LogP contribution in [0.2, 0.25) is 0 Å². The first-order valence-corrected chi connectivity index (χ1v) is 18.2. The van der Waals surface area contributed by atoms with Gasteiger partial charge in [0.15, 0.2) is 11.5 Å². The molecular formula is C38H64O10. The Balaban J connectivity index is 2.09. The molecule has 10 nitrogen and oxygen atoms in total. The van der Waals surface area contributed by atoms with Crippen LogP contribution in [0.1, 0.15) is 109 Å². The van der Waals surface area contributed by atoms with Gasteiger partial charge in [0, 0.05) is 26.1 Å². The van der Waals surface area contributed by atoms with Gasteiger partial charge in [-0.25, -0.2) is 0 Å². The van der Waals surface area contributed by atoms with Crippen LogP contribution in [-0.4, -0.2) is 91.2 Å². The monoisotopic (exact) mass is 680 g/mol. The predicted octanol–water partition coefficient (Wildman–Crippen LogP) is 7.74. The van der Waals surface area contributed by atoms with Gasteiger partial charge in [-0.15, -0.1) is 0 Å².